The van der Waals surface area contributed by atoms with Gasteiger partial charge < -0.3 is 15.0 Å². The lowest BCUT2D eigenvalue weighted by Crippen LogP contribution is -2.53. The lowest BCUT2D eigenvalue weighted by atomic mass is 9.80. The molecule has 0 unspecified atom stereocenters. The summed E-state index contributed by atoms with van der Waals surface area (Å²) in [6.07, 6.45) is 8.29. The number of likely N-dealkylation sites (N-methyl/N-ethyl adjacent to an activating group) is 1. The van der Waals surface area contributed by atoms with Gasteiger partial charge in [0.1, 0.15) is 5.75 Å². The highest BCUT2D eigenvalue weighted by atomic mass is 16.5. The Hall–Kier alpha value is -1.55. The first-order valence-electron chi connectivity index (χ1n) is 9.26. The van der Waals surface area contributed by atoms with Gasteiger partial charge in [-0.3, -0.25) is 4.79 Å². The highest BCUT2D eigenvalue weighted by Crippen LogP contribution is 2.31. The summed E-state index contributed by atoms with van der Waals surface area (Å²) in [4.78, 5) is 14.7. The molecular weight excluding hydrogens is 300 g/mol. The highest BCUT2D eigenvalue weighted by molar-refractivity contribution is 5.94. The van der Waals surface area contributed by atoms with Gasteiger partial charge >= 0.3 is 0 Å². The Kier molecular flexibility index (Phi) is 7.10. The van der Waals surface area contributed by atoms with Crippen molar-refractivity contribution in [3.8, 4) is 5.75 Å². The SMILES string of the molecule is CCCCOc1ccc(C(=O)NCC2(N(C)C)CCCCC2)cc1. The second-order valence-corrected chi connectivity index (χ2v) is 7.09. The Morgan fingerprint density at radius 2 is 1.83 bits per heavy atom. The average Bonchev–Trinajstić information content (AvgIpc) is 2.61. The van der Waals surface area contributed by atoms with Crippen molar-refractivity contribution >= 4 is 5.91 Å². The van der Waals surface area contributed by atoms with Crippen LogP contribution in [-0.4, -0.2) is 43.6 Å². The van der Waals surface area contributed by atoms with Gasteiger partial charge in [0.2, 0.25) is 0 Å². The van der Waals surface area contributed by atoms with E-state index in [4.69, 9.17) is 4.74 Å². The van der Waals surface area contributed by atoms with Crippen LogP contribution < -0.4 is 10.1 Å². The summed E-state index contributed by atoms with van der Waals surface area (Å²) in [5, 5.41) is 3.14. The molecule has 1 N–H and O–H groups in total. The van der Waals surface area contributed by atoms with Crippen LogP contribution in [-0.2, 0) is 0 Å². The maximum absolute atomic E-state index is 12.5. The molecule has 134 valence electrons. The molecule has 0 aliphatic heterocycles. The normalized spacial score (nSPS) is 16.8. The predicted molar refractivity (Wildman–Crippen MR) is 98.7 cm³/mol. The van der Waals surface area contributed by atoms with Crippen molar-refractivity contribution in [2.45, 2.75) is 57.4 Å². The third kappa shape index (κ3) is 4.97. The molecular formula is C20H32N2O2. The lowest BCUT2D eigenvalue weighted by molar-refractivity contribution is 0.0799. The van der Waals surface area contributed by atoms with Crippen molar-refractivity contribution in [3.63, 3.8) is 0 Å². The fraction of sp³-hybridized carbons (Fsp3) is 0.650. The third-order valence-electron chi connectivity index (χ3n) is 5.19. The first kappa shape index (κ1) is 18.8. The molecule has 0 saturated heterocycles. The smallest absolute Gasteiger partial charge is 0.251 e. The van der Waals surface area contributed by atoms with E-state index in [0.29, 0.717) is 12.1 Å². The maximum Gasteiger partial charge on any atom is 0.251 e. The minimum absolute atomic E-state index is 0.00177. The molecule has 0 atom stereocenters. The van der Waals surface area contributed by atoms with E-state index in [0.717, 1.165) is 38.0 Å². The van der Waals surface area contributed by atoms with Crippen LogP contribution >= 0.6 is 0 Å². The molecule has 0 radical (unpaired) electrons. The molecule has 4 heteroatoms. The van der Waals surface area contributed by atoms with Gasteiger partial charge in [-0.05, 0) is 57.6 Å². The molecule has 1 aromatic rings. The number of carbonyl (C=O) groups excluding carboxylic acids is 1. The molecule has 1 aliphatic carbocycles. The van der Waals surface area contributed by atoms with E-state index in [1.54, 1.807) is 0 Å². The van der Waals surface area contributed by atoms with E-state index in [-0.39, 0.29) is 11.4 Å². The van der Waals surface area contributed by atoms with Gasteiger partial charge in [-0.25, -0.2) is 0 Å². The molecule has 24 heavy (non-hydrogen) atoms. The largest absolute Gasteiger partial charge is 0.494 e. The Bertz CT molecular complexity index is 505. The van der Waals surface area contributed by atoms with Gasteiger partial charge in [-0.2, -0.15) is 0 Å². The summed E-state index contributed by atoms with van der Waals surface area (Å²) < 4.78 is 5.65. The maximum atomic E-state index is 12.5. The quantitative estimate of drug-likeness (QED) is 0.735. The van der Waals surface area contributed by atoms with Gasteiger partial charge in [0.25, 0.3) is 5.91 Å². The van der Waals surface area contributed by atoms with Crippen LogP contribution in [0.5, 0.6) is 5.75 Å². The fourth-order valence-corrected chi connectivity index (χ4v) is 3.38. The minimum atomic E-state index is 0.00177. The number of unbranched alkanes of at least 4 members (excludes halogenated alkanes) is 1. The topological polar surface area (TPSA) is 41.6 Å². The number of benzene rings is 1. The monoisotopic (exact) mass is 332 g/mol. The van der Waals surface area contributed by atoms with Gasteiger partial charge in [0.05, 0.1) is 6.61 Å². The molecule has 0 spiro atoms. The number of rotatable bonds is 8. The zero-order valence-electron chi connectivity index (χ0n) is 15.4. The first-order valence-corrected chi connectivity index (χ1v) is 9.26. The molecule has 4 nitrogen and oxygen atoms in total. The molecule has 1 aliphatic rings. The lowest BCUT2D eigenvalue weighted by Gasteiger charge is -2.43. The molecule has 0 bridgehead atoms. The number of nitrogens with zero attached hydrogens (tertiary/aromatic N) is 1. The van der Waals surface area contributed by atoms with Gasteiger partial charge in [0, 0.05) is 17.6 Å². The van der Waals surface area contributed by atoms with E-state index < -0.39 is 0 Å². The number of carbonyl (C=O) groups is 1. The Morgan fingerprint density at radius 3 is 2.42 bits per heavy atom. The number of ether oxygens (including phenoxy) is 1. The standard InChI is InChI=1S/C20H32N2O2/c1-4-5-15-24-18-11-9-17(10-12-18)19(23)21-16-20(22(2)3)13-7-6-8-14-20/h9-12H,4-8,13-16H2,1-3H3,(H,21,23). The summed E-state index contributed by atoms with van der Waals surface area (Å²) in [7, 11) is 4.25. The molecule has 0 heterocycles. The van der Waals surface area contributed by atoms with Crippen molar-refractivity contribution in [3.05, 3.63) is 29.8 Å². The molecule has 1 amide bonds. The summed E-state index contributed by atoms with van der Waals surface area (Å²) >= 11 is 0. The van der Waals surface area contributed by atoms with E-state index in [2.05, 4.69) is 31.2 Å². The van der Waals surface area contributed by atoms with E-state index >= 15 is 0 Å². The van der Waals surface area contributed by atoms with Crippen LogP contribution in [0.2, 0.25) is 0 Å². The summed E-state index contributed by atoms with van der Waals surface area (Å²) in [5.74, 6) is 0.832. The fourth-order valence-electron chi connectivity index (χ4n) is 3.38. The average molecular weight is 332 g/mol. The van der Waals surface area contributed by atoms with Gasteiger partial charge in [-0.15, -0.1) is 0 Å². The summed E-state index contributed by atoms with van der Waals surface area (Å²) in [5.41, 5.74) is 0.805. The Labute approximate surface area is 146 Å². The summed E-state index contributed by atoms with van der Waals surface area (Å²) in [6, 6.07) is 7.46. The van der Waals surface area contributed by atoms with E-state index in [9.17, 15) is 4.79 Å². The molecule has 0 aromatic heterocycles. The zero-order chi connectivity index (χ0) is 17.4. The van der Waals surface area contributed by atoms with Crippen molar-refractivity contribution < 1.29 is 9.53 Å². The van der Waals surface area contributed by atoms with Crippen molar-refractivity contribution in [2.24, 2.45) is 0 Å². The Morgan fingerprint density at radius 1 is 1.17 bits per heavy atom. The number of hydrogen-bond acceptors (Lipinski definition) is 3. The number of nitrogens with one attached hydrogen (secondary N) is 1. The highest BCUT2D eigenvalue weighted by Gasteiger charge is 2.34. The minimum Gasteiger partial charge on any atom is -0.494 e. The molecule has 1 aromatic carbocycles. The van der Waals surface area contributed by atoms with Crippen LogP contribution in [0.25, 0.3) is 0 Å². The van der Waals surface area contributed by atoms with Gasteiger partial charge in [0.15, 0.2) is 0 Å². The molecule has 2 rings (SSSR count). The van der Waals surface area contributed by atoms with Crippen LogP contribution in [0.1, 0.15) is 62.2 Å². The van der Waals surface area contributed by atoms with E-state index in [1.807, 2.05) is 24.3 Å². The van der Waals surface area contributed by atoms with Crippen LogP contribution in [0.3, 0.4) is 0 Å². The molecule has 1 fully saturated rings. The number of amides is 1. The van der Waals surface area contributed by atoms with Crippen molar-refractivity contribution in [2.75, 3.05) is 27.2 Å². The van der Waals surface area contributed by atoms with Crippen LogP contribution in [0.15, 0.2) is 24.3 Å². The second-order valence-electron chi connectivity index (χ2n) is 7.09. The van der Waals surface area contributed by atoms with Crippen molar-refractivity contribution in [1.82, 2.24) is 10.2 Å². The zero-order valence-corrected chi connectivity index (χ0v) is 15.4. The van der Waals surface area contributed by atoms with Crippen molar-refractivity contribution in [1.29, 1.82) is 0 Å². The third-order valence-corrected chi connectivity index (χ3v) is 5.19. The Balaban J connectivity index is 1.89. The van der Waals surface area contributed by atoms with Crippen LogP contribution in [0.4, 0.5) is 0 Å². The van der Waals surface area contributed by atoms with Gasteiger partial charge in [-0.1, -0.05) is 32.6 Å². The van der Waals surface area contributed by atoms with E-state index in [1.165, 1.54) is 19.3 Å². The summed E-state index contributed by atoms with van der Waals surface area (Å²) in [6.45, 7) is 3.59. The molecule has 1 saturated carbocycles. The number of hydrogen-bond donors (Lipinski definition) is 1. The second kappa shape index (κ2) is 9.07. The first-order chi connectivity index (χ1) is 11.6. The van der Waals surface area contributed by atoms with Crippen LogP contribution in [0, 0.1) is 0 Å². The predicted octanol–water partition coefficient (Wildman–Crippen LogP) is 3.86.